The molecule has 17 heavy (non-hydrogen) atoms. The highest BCUT2D eigenvalue weighted by atomic mass is 15.2. The van der Waals surface area contributed by atoms with Gasteiger partial charge in [-0.05, 0) is 44.2 Å². The van der Waals surface area contributed by atoms with Gasteiger partial charge in [-0.1, -0.05) is 6.07 Å². The second-order valence-corrected chi connectivity index (χ2v) is 5.31. The van der Waals surface area contributed by atoms with Gasteiger partial charge >= 0.3 is 0 Å². The second kappa shape index (κ2) is 4.65. The number of likely N-dealkylation sites (tertiary alicyclic amines) is 1. The number of nitrogens with zero attached hydrogens (tertiary/aromatic N) is 2. The number of piperidine rings is 1. The average Bonchev–Trinajstić information content (AvgIpc) is 2.92. The van der Waals surface area contributed by atoms with Gasteiger partial charge in [-0.25, -0.2) is 4.98 Å². The molecule has 2 fully saturated rings. The van der Waals surface area contributed by atoms with Crippen molar-refractivity contribution in [2.45, 2.75) is 38.8 Å². The summed E-state index contributed by atoms with van der Waals surface area (Å²) in [6, 6.07) is 7.13. The number of fused-ring (bicyclic) bond motifs is 2. The minimum absolute atomic E-state index is 0.838. The Morgan fingerprint density at radius 3 is 3.06 bits per heavy atom. The molecule has 2 bridgehead atoms. The summed E-state index contributed by atoms with van der Waals surface area (Å²) in [5.74, 6) is 1.98. The van der Waals surface area contributed by atoms with Crippen LogP contribution < -0.4 is 5.32 Å². The molecule has 1 aliphatic heterocycles. The van der Waals surface area contributed by atoms with Crippen LogP contribution in [0.1, 0.15) is 31.9 Å². The summed E-state index contributed by atoms with van der Waals surface area (Å²) < 4.78 is 0. The summed E-state index contributed by atoms with van der Waals surface area (Å²) in [7, 11) is 0. The predicted molar refractivity (Wildman–Crippen MR) is 69.9 cm³/mol. The van der Waals surface area contributed by atoms with Crippen molar-refractivity contribution >= 4 is 5.82 Å². The minimum Gasteiger partial charge on any atom is -0.370 e. The molecule has 2 unspecified atom stereocenters. The molecule has 3 heteroatoms. The molecule has 2 aliphatic rings. The Morgan fingerprint density at radius 2 is 2.35 bits per heavy atom. The van der Waals surface area contributed by atoms with Crippen LogP contribution in [-0.2, 0) is 6.54 Å². The molecule has 0 radical (unpaired) electrons. The second-order valence-electron chi connectivity index (χ2n) is 5.31. The number of rotatable bonds is 4. The van der Waals surface area contributed by atoms with E-state index in [1.54, 1.807) is 0 Å². The Balaban J connectivity index is 1.66. The summed E-state index contributed by atoms with van der Waals surface area (Å²) >= 11 is 0. The van der Waals surface area contributed by atoms with E-state index in [-0.39, 0.29) is 0 Å². The molecule has 0 spiro atoms. The highest BCUT2D eigenvalue weighted by molar-refractivity contribution is 5.35. The van der Waals surface area contributed by atoms with Crippen LogP contribution in [0.5, 0.6) is 0 Å². The lowest BCUT2D eigenvalue weighted by Gasteiger charge is -2.26. The van der Waals surface area contributed by atoms with E-state index >= 15 is 0 Å². The molecule has 1 aliphatic carbocycles. The maximum atomic E-state index is 4.66. The Labute approximate surface area is 103 Å². The molecule has 1 aromatic rings. The third-order valence-corrected chi connectivity index (χ3v) is 4.05. The Hall–Kier alpha value is -1.09. The summed E-state index contributed by atoms with van der Waals surface area (Å²) in [5.41, 5.74) is 1.20. The molecule has 3 rings (SSSR count). The maximum Gasteiger partial charge on any atom is 0.126 e. The van der Waals surface area contributed by atoms with Crippen molar-refractivity contribution in [3.05, 3.63) is 23.9 Å². The van der Waals surface area contributed by atoms with Gasteiger partial charge in [-0.3, -0.25) is 4.90 Å². The molecule has 0 aromatic carbocycles. The lowest BCUT2D eigenvalue weighted by molar-refractivity contribution is 0.203. The van der Waals surface area contributed by atoms with Crippen molar-refractivity contribution in [1.29, 1.82) is 0 Å². The molecule has 2 heterocycles. The first-order valence-corrected chi connectivity index (χ1v) is 6.79. The molecular formula is C14H21N3. The monoisotopic (exact) mass is 231 g/mol. The zero-order valence-corrected chi connectivity index (χ0v) is 10.5. The van der Waals surface area contributed by atoms with Crippen LogP contribution in [0, 0.1) is 5.92 Å². The van der Waals surface area contributed by atoms with Gasteiger partial charge in [-0.15, -0.1) is 0 Å². The van der Waals surface area contributed by atoms with E-state index in [0.29, 0.717) is 0 Å². The number of hydrogen-bond donors (Lipinski definition) is 1. The SMILES string of the molecule is CCNc1cccc(CN2CC3CCC2C3)n1. The summed E-state index contributed by atoms with van der Waals surface area (Å²) in [6.45, 7) is 5.36. The first-order valence-electron chi connectivity index (χ1n) is 6.79. The molecular weight excluding hydrogens is 210 g/mol. The van der Waals surface area contributed by atoms with Gasteiger partial charge in [0.15, 0.2) is 0 Å². The van der Waals surface area contributed by atoms with Crippen LogP contribution in [0.2, 0.25) is 0 Å². The van der Waals surface area contributed by atoms with E-state index in [1.807, 2.05) is 6.07 Å². The molecule has 2 atom stereocenters. The van der Waals surface area contributed by atoms with Crippen molar-refractivity contribution in [3.8, 4) is 0 Å². The fraction of sp³-hybridized carbons (Fsp3) is 0.643. The number of aromatic nitrogens is 1. The third-order valence-electron chi connectivity index (χ3n) is 4.05. The van der Waals surface area contributed by atoms with E-state index in [9.17, 15) is 0 Å². The standard InChI is InChI=1S/C14H21N3/c1-2-15-14-5-3-4-12(16-14)10-17-9-11-6-7-13(17)8-11/h3-5,11,13H,2,6-10H2,1H3,(H,15,16). The van der Waals surface area contributed by atoms with Gasteiger partial charge in [0.2, 0.25) is 0 Å². The molecule has 1 saturated heterocycles. The fourth-order valence-corrected chi connectivity index (χ4v) is 3.28. The number of anilines is 1. The maximum absolute atomic E-state index is 4.66. The van der Waals surface area contributed by atoms with Gasteiger partial charge in [0.25, 0.3) is 0 Å². The number of pyridine rings is 1. The zero-order chi connectivity index (χ0) is 11.7. The van der Waals surface area contributed by atoms with Crippen molar-refractivity contribution in [1.82, 2.24) is 9.88 Å². The lowest BCUT2D eigenvalue weighted by Crippen LogP contribution is -2.31. The van der Waals surface area contributed by atoms with E-state index in [0.717, 1.165) is 30.9 Å². The van der Waals surface area contributed by atoms with Crippen molar-refractivity contribution in [2.75, 3.05) is 18.4 Å². The molecule has 92 valence electrons. The smallest absolute Gasteiger partial charge is 0.126 e. The average molecular weight is 231 g/mol. The first-order chi connectivity index (χ1) is 8.35. The predicted octanol–water partition coefficient (Wildman–Crippen LogP) is 2.50. The van der Waals surface area contributed by atoms with E-state index in [2.05, 4.69) is 34.3 Å². The highest BCUT2D eigenvalue weighted by Gasteiger charge is 2.37. The van der Waals surface area contributed by atoms with Gasteiger partial charge in [0.1, 0.15) is 5.82 Å². The van der Waals surface area contributed by atoms with Crippen LogP contribution in [0.4, 0.5) is 5.82 Å². The molecule has 1 aromatic heterocycles. The molecule has 3 nitrogen and oxygen atoms in total. The largest absolute Gasteiger partial charge is 0.370 e. The summed E-state index contributed by atoms with van der Waals surface area (Å²) in [4.78, 5) is 7.27. The van der Waals surface area contributed by atoms with Gasteiger partial charge in [0, 0.05) is 25.7 Å². The van der Waals surface area contributed by atoms with Crippen LogP contribution in [0.25, 0.3) is 0 Å². The third kappa shape index (κ3) is 2.29. The first kappa shape index (κ1) is 11.0. The van der Waals surface area contributed by atoms with Crippen molar-refractivity contribution < 1.29 is 0 Å². The topological polar surface area (TPSA) is 28.2 Å². The van der Waals surface area contributed by atoms with Crippen LogP contribution in [-0.4, -0.2) is 29.0 Å². The van der Waals surface area contributed by atoms with Gasteiger partial charge < -0.3 is 5.32 Å². The van der Waals surface area contributed by atoms with Gasteiger partial charge in [-0.2, -0.15) is 0 Å². The summed E-state index contributed by atoms with van der Waals surface area (Å²) in [5, 5.41) is 3.28. The Morgan fingerprint density at radius 1 is 1.41 bits per heavy atom. The van der Waals surface area contributed by atoms with E-state index in [1.165, 1.54) is 31.5 Å². The Bertz CT molecular complexity index is 391. The summed E-state index contributed by atoms with van der Waals surface area (Å²) in [6.07, 6.45) is 4.27. The van der Waals surface area contributed by atoms with Crippen molar-refractivity contribution in [2.24, 2.45) is 5.92 Å². The zero-order valence-electron chi connectivity index (χ0n) is 10.5. The highest BCUT2D eigenvalue weighted by Crippen LogP contribution is 2.37. The van der Waals surface area contributed by atoms with E-state index < -0.39 is 0 Å². The number of hydrogen-bond acceptors (Lipinski definition) is 3. The number of nitrogens with one attached hydrogen (secondary N) is 1. The Kier molecular flexibility index (Phi) is 3.02. The molecule has 1 saturated carbocycles. The van der Waals surface area contributed by atoms with Crippen LogP contribution >= 0.6 is 0 Å². The minimum atomic E-state index is 0.838. The lowest BCUT2D eigenvalue weighted by atomic mass is 10.1. The fourth-order valence-electron chi connectivity index (χ4n) is 3.28. The van der Waals surface area contributed by atoms with Crippen LogP contribution in [0.15, 0.2) is 18.2 Å². The van der Waals surface area contributed by atoms with Crippen molar-refractivity contribution in [3.63, 3.8) is 0 Å². The molecule has 1 N–H and O–H groups in total. The van der Waals surface area contributed by atoms with Crippen LogP contribution in [0.3, 0.4) is 0 Å². The quantitative estimate of drug-likeness (QED) is 0.863. The van der Waals surface area contributed by atoms with E-state index in [4.69, 9.17) is 0 Å². The molecule has 0 amide bonds. The normalized spacial score (nSPS) is 27.6. The van der Waals surface area contributed by atoms with Gasteiger partial charge in [0.05, 0.1) is 5.69 Å².